The minimum absolute atomic E-state index is 0.104. The predicted molar refractivity (Wildman–Crippen MR) is 74.9 cm³/mol. The van der Waals surface area contributed by atoms with Crippen molar-refractivity contribution in [1.82, 2.24) is 19.9 Å². The van der Waals surface area contributed by atoms with E-state index in [0.29, 0.717) is 11.6 Å². The highest BCUT2D eigenvalue weighted by molar-refractivity contribution is 6.30. The molecule has 1 N–H and O–H groups in total. The van der Waals surface area contributed by atoms with Gasteiger partial charge in [-0.3, -0.25) is 9.59 Å². The van der Waals surface area contributed by atoms with Crippen LogP contribution >= 0.6 is 11.6 Å². The number of carboxylic acids is 1. The fraction of sp³-hybridized carbons (Fsp3) is 0.231. The van der Waals surface area contributed by atoms with Crippen LogP contribution in [0.2, 0.25) is 5.02 Å². The zero-order valence-electron chi connectivity index (χ0n) is 11.2. The molecule has 1 amide bonds. The number of nitrogens with zero attached hydrogens (tertiary/aromatic N) is 4. The van der Waals surface area contributed by atoms with E-state index in [9.17, 15) is 9.59 Å². The van der Waals surface area contributed by atoms with Crippen LogP contribution in [0.3, 0.4) is 0 Å². The molecule has 0 saturated carbocycles. The van der Waals surface area contributed by atoms with E-state index in [2.05, 4.69) is 10.3 Å². The molecule has 1 heterocycles. The highest BCUT2D eigenvalue weighted by Crippen LogP contribution is 2.12. The van der Waals surface area contributed by atoms with E-state index < -0.39 is 5.97 Å². The molecule has 21 heavy (non-hydrogen) atoms. The Labute approximate surface area is 125 Å². The number of aliphatic carboxylic acids is 1. The van der Waals surface area contributed by atoms with E-state index in [-0.39, 0.29) is 18.1 Å². The number of aromatic nitrogens is 3. The largest absolute Gasteiger partial charge is 0.480 e. The van der Waals surface area contributed by atoms with Gasteiger partial charge >= 0.3 is 5.97 Å². The first-order valence-electron chi connectivity index (χ1n) is 6.07. The minimum atomic E-state index is -1.05. The lowest BCUT2D eigenvalue weighted by Crippen LogP contribution is -2.26. The fourth-order valence-corrected chi connectivity index (χ4v) is 1.87. The second kappa shape index (κ2) is 6.36. The van der Waals surface area contributed by atoms with Gasteiger partial charge < -0.3 is 10.0 Å². The average molecular weight is 309 g/mol. The normalized spacial score (nSPS) is 10.4. The Morgan fingerprint density at radius 3 is 2.62 bits per heavy atom. The molecule has 7 nitrogen and oxygen atoms in total. The molecule has 0 spiro atoms. The first-order chi connectivity index (χ1) is 9.95. The van der Waals surface area contributed by atoms with Crippen LogP contribution in [-0.4, -0.2) is 43.9 Å². The standard InChI is InChI=1S/C13H13ClN4O3/c1-17(6-9-2-4-10(14)5-3-9)13(21)11-7-18(16-15-11)8-12(19)20/h2-5,7H,6,8H2,1H3,(H,19,20). The summed E-state index contributed by atoms with van der Waals surface area (Å²) in [5.74, 6) is -1.38. The van der Waals surface area contributed by atoms with Crippen molar-refractivity contribution in [1.29, 1.82) is 0 Å². The van der Waals surface area contributed by atoms with Gasteiger partial charge in [-0.15, -0.1) is 5.10 Å². The van der Waals surface area contributed by atoms with Crippen molar-refractivity contribution in [3.05, 3.63) is 46.7 Å². The number of hydrogen-bond acceptors (Lipinski definition) is 4. The van der Waals surface area contributed by atoms with Gasteiger partial charge in [0.15, 0.2) is 5.69 Å². The molecule has 0 unspecified atom stereocenters. The Balaban J connectivity index is 2.03. The van der Waals surface area contributed by atoms with Crippen LogP contribution in [0.1, 0.15) is 16.1 Å². The van der Waals surface area contributed by atoms with Gasteiger partial charge in [0.05, 0.1) is 6.20 Å². The van der Waals surface area contributed by atoms with Crippen LogP contribution in [0, 0.1) is 0 Å². The number of amides is 1. The van der Waals surface area contributed by atoms with E-state index in [1.165, 1.54) is 11.1 Å². The van der Waals surface area contributed by atoms with Crippen LogP contribution < -0.4 is 0 Å². The molecule has 0 aliphatic heterocycles. The number of carbonyl (C=O) groups excluding carboxylic acids is 1. The van der Waals surface area contributed by atoms with Crippen molar-refractivity contribution in [3.8, 4) is 0 Å². The molecule has 1 aromatic heterocycles. The van der Waals surface area contributed by atoms with E-state index in [1.54, 1.807) is 19.2 Å². The number of hydrogen-bond donors (Lipinski definition) is 1. The Kier molecular flexibility index (Phi) is 4.54. The summed E-state index contributed by atoms with van der Waals surface area (Å²) in [7, 11) is 1.63. The summed E-state index contributed by atoms with van der Waals surface area (Å²) in [6.07, 6.45) is 1.31. The monoisotopic (exact) mass is 308 g/mol. The molecular formula is C13H13ClN4O3. The lowest BCUT2D eigenvalue weighted by atomic mass is 10.2. The SMILES string of the molecule is CN(Cc1ccc(Cl)cc1)C(=O)c1cn(CC(=O)O)nn1. The highest BCUT2D eigenvalue weighted by atomic mass is 35.5. The van der Waals surface area contributed by atoms with E-state index >= 15 is 0 Å². The van der Waals surface area contributed by atoms with Crippen molar-refractivity contribution in [3.63, 3.8) is 0 Å². The zero-order valence-corrected chi connectivity index (χ0v) is 12.0. The Morgan fingerprint density at radius 2 is 2.00 bits per heavy atom. The van der Waals surface area contributed by atoms with Gasteiger partial charge in [-0.25, -0.2) is 4.68 Å². The lowest BCUT2D eigenvalue weighted by Gasteiger charge is -2.15. The molecular weight excluding hydrogens is 296 g/mol. The van der Waals surface area contributed by atoms with Crippen LogP contribution in [0.15, 0.2) is 30.5 Å². The van der Waals surface area contributed by atoms with Crippen molar-refractivity contribution >= 4 is 23.5 Å². The summed E-state index contributed by atoms with van der Waals surface area (Å²) in [6.45, 7) is 0.0585. The Morgan fingerprint density at radius 1 is 1.33 bits per heavy atom. The molecule has 0 aliphatic carbocycles. The second-order valence-corrected chi connectivity index (χ2v) is 4.92. The topological polar surface area (TPSA) is 88.3 Å². The molecule has 0 atom stereocenters. The van der Waals surface area contributed by atoms with Gasteiger partial charge in [0.2, 0.25) is 0 Å². The summed E-state index contributed by atoms with van der Waals surface area (Å²) in [6, 6.07) is 7.15. The fourth-order valence-electron chi connectivity index (χ4n) is 1.74. The van der Waals surface area contributed by atoms with Gasteiger partial charge in [-0.1, -0.05) is 28.9 Å². The average Bonchev–Trinajstić information content (AvgIpc) is 2.88. The molecule has 2 aromatic rings. The van der Waals surface area contributed by atoms with E-state index in [1.807, 2.05) is 12.1 Å². The molecule has 1 aromatic carbocycles. The summed E-state index contributed by atoms with van der Waals surface area (Å²) >= 11 is 5.80. The number of rotatable bonds is 5. The summed E-state index contributed by atoms with van der Waals surface area (Å²) in [5, 5.41) is 16.6. The first kappa shape index (κ1) is 15.0. The van der Waals surface area contributed by atoms with Gasteiger partial charge in [-0.05, 0) is 17.7 Å². The third kappa shape index (κ3) is 4.03. The summed E-state index contributed by atoms with van der Waals surface area (Å²) in [4.78, 5) is 24.2. The molecule has 2 rings (SSSR count). The second-order valence-electron chi connectivity index (χ2n) is 4.48. The molecule has 0 saturated heterocycles. The number of carboxylic acid groups (broad SMARTS) is 1. The molecule has 0 aliphatic rings. The van der Waals surface area contributed by atoms with Crippen LogP contribution in [0.4, 0.5) is 0 Å². The van der Waals surface area contributed by atoms with Crippen molar-refractivity contribution in [2.45, 2.75) is 13.1 Å². The quantitative estimate of drug-likeness (QED) is 0.899. The summed E-state index contributed by atoms with van der Waals surface area (Å²) < 4.78 is 1.10. The zero-order chi connectivity index (χ0) is 15.4. The maximum Gasteiger partial charge on any atom is 0.325 e. The first-order valence-corrected chi connectivity index (χ1v) is 6.45. The van der Waals surface area contributed by atoms with Crippen LogP contribution in [0.25, 0.3) is 0 Å². The van der Waals surface area contributed by atoms with Gasteiger partial charge in [0.1, 0.15) is 6.54 Å². The van der Waals surface area contributed by atoms with Gasteiger partial charge in [0.25, 0.3) is 5.91 Å². The Hall–Kier alpha value is -2.41. The van der Waals surface area contributed by atoms with Crippen molar-refractivity contribution in [2.24, 2.45) is 0 Å². The Bertz CT molecular complexity index is 654. The van der Waals surface area contributed by atoms with Crippen LogP contribution in [0.5, 0.6) is 0 Å². The number of carbonyl (C=O) groups is 2. The smallest absolute Gasteiger partial charge is 0.325 e. The molecule has 0 fully saturated rings. The maximum absolute atomic E-state index is 12.2. The van der Waals surface area contributed by atoms with Crippen LogP contribution in [-0.2, 0) is 17.9 Å². The van der Waals surface area contributed by atoms with Gasteiger partial charge in [-0.2, -0.15) is 0 Å². The van der Waals surface area contributed by atoms with Crippen molar-refractivity contribution in [2.75, 3.05) is 7.05 Å². The predicted octanol–water partition coefficient (Wildman–Crippen LogP) is 1.29. The summed E-state index contributed by atoms with van der Waals surface area (Å²) in [5.41, 5.74) is 1.03. The highest BCUT2D eigenvalue weighted by Gasteiger charge is 2.16. The molecule has 0 bridgehead atoms. The van der Waals surface area contributed by atoms with E-state index in [4.69, 9.17) is 16.7 Å². The maximum atomic E-state index is 12.2. The number of halogens is 1. The van der Waals surface area contributed by atoms with Gasteiger partial charge in [0, 0.05) is 18.6 Å². The number of benzene rings is 1. The molecule has 8 heteroatoms. The lowest BCUT2D eigenvalue weighted by molar-refractivity contribution is -0.137. The molecule has 0 radical (unpaired) electrons. The third-order valence-electron chi connectivity index (χ3n) is 2.73. The third-order valence-corrected chi connectivity index (χ3v) is 2.99. The minimum Gasteiger partial charge on any atom is -0.480 e. The molecule has 110 valence electrons. The van der Waals surface area contributed by atoms with Crippen molar-refractivity contribution < 1.29 is 14.7 Å². The van der Waals surface area contributed by atoms with E-state index in [0.717, 1.165) is 10.2 Å².